The fourth-order valence-corrected chi connectivity index (χ4v) is 3.62. The predicted molar refractivity (Wildman–Crippen MR) is 86.6 cm³/mol. The average molecular weight is 296 g/mol. The molecule has 0 radical (unpaired) electrons. The summed E-state index contributed by atoms with van der Waals surface area (Å²) in [6, 6.07) is 15.1. The second-order valence-electron chi connectivity index (χ2n) is 5.18. The maximum atomic E-state index is 5.53. The van der Waals surface area contributed by atoms with Gasteiger partial charge in [-0.15, -0.1) is 11.3 Å². The lowest BCUT2D eigenvalue weighted by molar-refractivity contribution is 0.0768. The van der Waals surface area contributed by atoms with Gasteiger partial charge in [-0.3, -0.25) is 0 Å². The lowest BCUT2D eigenvalue weighted by atomic mass is 10.0. The van der Waals surface area contributed by atoms with Crippen molar-refractivity contribution < 1.29 is 4.74 Å². The zero-order valence-corrected chi connectivity index (χ0v) is 12.4. The summed E-state index contributed by atoms with van der Waals surface area (Å²) in [5.41, 5.74) is 2.26. The van der Waals surface area contributed by atoms with Crippen LogP contribution in [0.25, 0.3) is 22.0 Å². The van der Waals surface area contributed by atoms with Gasteiger partial charge in [-0.25, -0.2) is 4.98 Å². The van der Waals surface area contributed by atoms with Gasteiger partial charge in [0.25, 0.3) is 0 Å². The summed E-state index contributed by atoms with van der Waals surface area (Å²) in [4.78, 5) is 4.83. The number of fused-ring (bicyclic) bond motifs is 1. The van der Waals surface area contributed by atoms with Crippen molar-refractivity contribution >= 4 is 22.1 Å². The van der Waals surface area contributed by atoms with Crippen molar-refractivity contribution in [2.24, 2.45) is 0 Å². The number of ether oxygens (including phenoxy) is 1. The maximum Gasteiger partial charge on any atom is 0.113 e. The van der Waals surface area contributed by atoms with E-state index in [9.17, 15) is 0 Å². The highest BCUT2D eigenvalue weighted by Crippen LogP contribution is 2.31. The van der Waals surface area contributed by atoms with Gasteiger partial charge < -0.3 is 10.1 Å². The van der Waals surface area contributed by atoms with Crippen LogP contribution in [0.5, 0.6) is 0 Å². The molecule has 1 fully saturated rings. The number of nitrogens with zero attached hydrogens (tertiary/aromatic N) is 1. The Morgan fingerprint density at radius 1 is 1.14 bits per heavy atom. The molecule has 0 bridgehead atoms. The van der Waals surface area contributed by atoms with Gasteiger partial charge in [0.2, 0.25) is 0 Å². The molecule has 1 atom stereocenters. The zero-order chi connectivity index (χ0) is 14.1. The quantitative estimate of drug-likeness (QED) is 0.784. The largest absolute Gasteiger partial charge is 0.378 e. The third-order valence-corrected chi connectivity index (χ3v) is 4.77. The molecule has 1 unspecified atom stereocenters. The fourth-order valence-electron chi connectivity index (χ4n) is 2.74. The molecule has 2 heterocycles. The Labute approximate surface area is 127 Å². The monoisotopic (exact) mass is 296 g/mol. The van der Waals surface area contributed by atoms with E-state index >= 15 is 0 Å². The molecule has 1 aliphatic rings. The van der Waals surface area contributed by atoms with Gasteiger partial charge in [0.1, 0.15) is 5.01 Å². The number of benzene rings is 2. The van der Waals surface area contributed by atoms with E-state index in [2.05, 4.69) is 53.2 Å². The maximum absolute atomic E-state index is 5.53. The van der Waals surface area contributed by atoms with Crippen LogP contribution in [0.3, 0.4) is 0 Å². The molecule has 21 heavy (non-hydrogen) atoms. The average Bonchev–Trinajstić information content (AvgIpc) is 3.05. The third kappa shape index (κ3) is 2.46. The first-order chi connectivity index (χ1) is 10.4. The second kappa shape index (κ2) is 5.56. The second-order valence-corrected chi connectivity index (χ2v) is 6.07. The highest BCUT2D eigenvalue weighted by molar-refractivity contribution is 7.10. The van der Waals surface area contributed by atoms with Crippen LogP contribution < -0.4 is 5.32 Å². The Balaban J connectivity index is 1.74. The van der Waals surface area contributed by atoms with Crippen molar-refractivity contribution in [3.05, 3.63) is 52.9 Å². The van der Waals surface area contributed by atoms with Gasteiger partial charge in [0, 0.05) is 17.5 Å². The number of hydrogen-bond donors (Lipinski definition) is 1. The molecule has 1 aliphatic heterocycles. The number of thiazole rings is 1. The van der Waals surface area contributed by atoms with Crippen molar-refractivity contribution in [1.82, 2.24) is 10.3 Å². The molecule has 1 saturated heterocycles. The van der Waals surface area contributed by atoms with Crippen LogP contribution in [0, 0.1) is 0 Å². The molecule has 0 amide bonds. The van der Waals surface area contributed by atoms with E-state index in [0.29, 0.717) is 6.61 Å². The fraction of sp³-hybridized carbons (Fsp3) is 0.235. The smallest absolute Gasteiger partial charge is 0.113 e. The van der Waals surface area contributed by atoms with Gasteiger partial charge >= 0.3 is 0 Å². The molecule has 4 heteroatoms. The van der Waals surface area contributed by atoms with Crippen LogP contribution in [0.4, 0.5) is 0 Å². The van der Waals surface area contributed by atoms with Crippen molar-refractivity contribution in [1.29, 1.82) is 0 Å². The summed E-state index contributed by atoms with van der Waals surface area (Å²) in [7, 11) is 0. The van der Waals surface area contributed by atoms with Crippen LogP contribution in [-0.4, -0.2) is 24.7 Å². The molecule has 2 aromatic carbocycles. The van der Waals surface area contributed by atoms with Crippen molar-refractivity contribution in [2.75, 3.05) is 19.8 Å². The number of rotatable bonds is 2. The van der Waals surface area contributed by atoms with E-state index in [4.69, 9.17) is 9.72 Å². The molecular formula is C17H16N2OS. The van der Waals surface area contributed by atoms with E-state index in [0.717, 1.165) is 23.9 Å². The van der Waals surface area contributed by atoms with Gasteiger partial charge in [-0.2, -0.15) is 0 Å². The molecule has 106 valence electrons. The highest BCUT2D eigenvalue weighted by Gasteiger charge is 2.19. The number of hydrogen-bond acceptors (Lipinski definition) is 4. The topological polar surface area (TPSA) is 34.1 Å². The van der Waals surface area contributed by atoms with E-state index in [-0.39, 0.29) is 6.04 Å². The highest BCUT2D eigenvalue weighted by atomic mass is 32.1. The van der Waals surface area contributed by atoms with Crippen molar-refractivity contribution in [2.45, 2.75) is 6.04 Å². The summed E-state index contributed by atoms with van der Waals surface area (Å²) in [5.74, 6) is 0. The Hall–Kier alpha value is -1.75. The molecule has 4 rings (SSSR count). The Bertz CT molecular complexity index is 757. The van der Waals surface area contributed by atoms with Crippen molar-refractivity contribution in [3.8, 4) is 11.3 Å². The lowest BCUT2D eigenvalue weighted by Crippen LogP contribution is -2.34. The molecule has 0 saturated carbocycles. The molecule has 3 aromatic rings. The lowest BCUT2D eigenvalue weighted by Gasteiger charge is -2.21. The number of nitrogens with one attached hydrogen (secondary N) is 1. The minimum atomic E-state index is 0.229. The third-order valence-electron chi connectivity index (χ3n) is 3.81. The Kier molecular flexibility index (Phi) is 3.43. The summed E-state index contributed by atoms with van der Waals surface area (Å²) >= 11 is 1.71. The molecule has 1 aromatic heterocycles. The van der Waals surface area contributed by atoms with E-state index in [1.807, 2.05) is 0 Å². The minimum absolute atomic E-state index is 0.229. The predicted octanol–water partition coefficient (Wildman–Crippen LogP) is 3.62. The standard InChI is InChI=1S/C17H16N2OS/c1-2-6-13-12(4-1)5-3-7-14(13)16-11-21-17(19-16)15-10-20-9-8-18-15/h1-7,11,15,18H,8-10H2. The Morgan fingerprint density at radius 2 is 2.05 bits per heavy atom. The van der Waals surface area contributed by atoms with Crippen molar-refractivity contribution in [3.63, 3.8) is 0 Å². The Morgan fingerprint density at radius 3 is 2.95 bits per heavy atom. The first-order valence-electron chi connectivity index (χ1n) is 7.16. The summed E-state index contributed by atoms with van der Waals surface area (Å²) in [6.07, 6.45) is 0. The van der Waals surface area contributed by atoms with Gasteiger partial charge in [-0.1, -0.05) is 42.5 Å². The SMILES string of the molecule is c1ccc2c(-c3csc(C4COCCN4)n3)cccc2c1. The number of morpholine rings is 1. The molecule has 3 nitrogen and oxygen atoms in total. The van der Waals surface area contributed by atoms with Crippen LogP contribution in [0.1, 0.15) is 11.0 Å². The van der Waals surface area contributed by atoms with E-state index in [1.165, 1.54) is 16.3 Å². The van der Waals surface area contributed by atoms with E-state index < -0.39 is 0 Å². The van der Waals surface area contributed by atoms with Gasteiger partial charge in [-0.05, 0) is 10.8 Å². The first kappa shape index (κ1) is 13.0. The van der Waals surface area contributed by atoms with Crippen LogP contribution in [0.15, 0.2) is 47.8 Å². The summed E-state index contributed by atoms with van der Waals surface area (Å²) < 4.78 is 5.53. The zero-order valence-electron chi connectivity index (χ0n) is 11.6. The van der Waals surface area contributed by atoms with Crippen LogP contribution >= 0.6 is 11.3 Å². The molecule has 0 spiro atoms. The molecule has 0 aliphatic carbocycles. The number of aromatic nitrogens is 1. The molecular weight excluding hydrogens is 280 g/mol. The van der Waals surface area contributed by atoms with Crippen LogP contribution in [0.2, 0.25) is 0 Å². The van der Waals surface area contributed by atoms with E-state index in [1.54, 1.807) is 11.3 Å². The summed E-state index contributed by atoms with van der Waals surface area (Å²) in [6.45, 7) is 2.40. The van der Waals surface area contributed by atoms with Crippen LogP contribution in [-0.2, 0) is 4.74 Å². The minimum Gasteiger partial charge on any atom is -0.378 e. The summed E-state index contributed by atoms with van der Waals surface area (Å²) in [5, 5.41) is 9.22. The van der Waals surface area contributed by atoms with Gasteiger partial charge in [0.05, 0.1) is 24.9 Å². The normalized spacial score (nSPS) is 19.0. The molecule has 1 N–H and O–H groups in total. The first-order valence-corrected chi connectivity index (χ1v) is 8.04. The van der Waals surface area contributed by atoms with Gasteiger partial charge in [0.15, 0.2) is 0 Å².